The normalized spacial score (nSPS) is 22.0. The van der Waals surface area contributed by atoms with Crippen LogP contribution in [0.3, 0.4) is 0 Å². The average Bonchev–Trinajstić information content (AvgIpc) is 2.96. The monoisotopic (exact) mass is 365 g/mol. The summed E-state index contributed by atoms with van der Waals surface area (Å²) in [4.78, 5) is 15.6. The van der Waals surface area contributed by atoms with Gasteiger partial charge >= 0.3 is 0 Å². The Bertz CT molecular complexity index is 808. The fraction of sp³-hybridized carbons (Fsp3) is 0.438. The third-order valence-corrected chi connectivity index (χ3v) is 4.35. The minimum Gasteiger partial charge on any atom is -0.374 e. The summed E-state index contributed by atoms with van der Waals surface area (Å²) in [6.07, 6.45) is 3.69. The molecule has 1 amide bonds. The second-order valence-corrected chi connectivity index (χ2v) is 6.42. The van der Waals surface area contributed by atoms with Crippen LogP contribution in [-0.2, 0) is 7.05 Å². The highest BCUT2D eigenvalue weighted by atomic mass is 19.3. The van der Waals surface area contributed by atoms with Crippen LogP contribution >= 0.6 is 0 Å². The Hall–Kier alpha value is -2.75. The lowest BCUT2D eigenvalue weighted by molar-refractivity contribution is -0.0510. The fourth-order valence-corrected chi connectivity index (χ4v) is 3.06. The zero-order valence-electron chi connectivity index (χ0n) is 14.2. The number of primary amides is 1. The topological polar surface area (TPSA) is 124 Å². The van der Waals surface area contributed by atoms with E-state index in [0.717, 1.165) is 0 Å². The number of hydrogen-bond acceptors (Lipinski definition) is 6. The molecule has 0 saturated heterocycles. The summed E-state index contributed by atoms with van der Waals surface area (Å²) < 4.78 is 30.0. The lowest BCUT2D eigenvalue weighted by atomic mass is 9.87. The molecule has 10 heteroatoms. The molecule has 0 aliphatic heterocycles. The van der Waals surface area contributed by atoms with Gasteiger partial charge in [-0.2, -0.15) is 5.10 Å². The van der Waals surface area contributed by atoms with Gasteiger partial charge in [-0.15, -0.1) is 0 Å². The number of amides is 1. The molecule has 6 N–H and O–H groups in total. The van der Waals surface area contributed by atoms with Gasteiger partial charge in [-0.1, -0.05) is 0 Å². The van der Waals surface area contributed by atoms with Crippen LogP contribution in [0.15, 0.2) is 24.5 Å². The SMILES string of the molecule is Cn1ccc(Nc2cc(N[C@H]3[C@@H](N)CCCC3(F)F)cnc2C(N)=O)n1. The summed E-state index contributed by atoms with van der Waals surface area (Å²) >= 11 is 0. The quantitative estimate of drug-likeness (QED) is 0.638. The van der Waals surface area contributed by atoms with Gasteiger partial charge in [-0.3, -0.25) is 9.48 Å². The van der Waals surface area contributed by atoms with Gasteiger partial charge in [0.1, 0.15) is 6.04 Å². The van der Waals surface area contributed by atoms with Crippen LogP contribution in [0.2, 0.25) is 0 Å². The van der Waals surface area contributed by atoms with E-state index in [0.29, 0.717) is 24.3 Å². The molecule has 0 bridgehead atoms. The maximum atomic E-state index is 14.2. The smallest absolute Gasteiger partial charge is 0.269 e. The van der Waals surface area contributed by atoms with Crippen molar-refractivity contribution in [3.8, 4) is 0 Å². The van der Waals surface area contributed by atoms with E-state index in [4.69, 9.17) is 11.5 Å². The maximum Gasteiger partial charge on any atom is 0.269 e. The van der Waals surface area contributed by atoms with Gasteiger partial charge < -0.3 is 22.1 Å². The van der Waals surface area contributed by atoms with E-state index in [1.54, 1.807) is 24.0 Å². The Kier molecular flexibility index (Phi) is 4.77. The fourth-order valence-electron chi connectivity index (χ4n) is 3.06. The second kappa shape index (κ2) is 6.87. The zero-order valence-corrected chi connectivity index (χ0v) is 14.2. The molecule has 1 saturated carbocycles. The number of aryl methyl sites for hydroxylation is 1. The van der Waals surface area contributed by atoms with E-state index in [-0.39, 0.29) is 17.8 Å². The van der Waals surface area contributed by atoms with Crippen LogP contribution in [0, 0.1) is 0 Å². The second-order valence-electron chi connectivity index (χ2n) is 6.42. The van der Waals surface area contributed by atoms with Crippen molar-refractivity contribution in [2.45, 2.75) is 37.3 Å². The average molecular weight is 365 g/mol. The molecule has 2 atom stereocenters. The lowest BCUT2D eigenvalue weighted by Gasteiger charge is -2.37. The number of halogens is 2. The van der Waals surface area contributed by atoms with Crippen molar-refractivity contribution in [1.82, 2.24) is 14.8 Å². The van der Waals surface area contributed by atoms with Crippen LogP contribution < -0.4 is 22.1 Å². The molecule has 2 aromatic rings. The van der Waals surface area contributed by atoms with Gasteiger partial charge in [0.2, 0.25) is 0 Å². The van der Waals surface area contributed by atoms with E-state index < -0.39 is 23.9 Å². The van der Waals surface area contributed by atoms with E-state index in [1.807, 2.05) is 0 Å². The van der Waals surface area contributed by atoms with E-state index in [1.165, 1.54) is 12.3 Å². The van der Waals surface area contributed by atoms with E-state index in [9.17, 15) is 13.6 Å². The van der Waals surface area contributed by atoms with Crippen LogP contribution in [0.25, 0.3) is 0 Å². The molecule has 1 fully saturated rings. The predicted octanol–water partition coefficient (Wildman–Crippen LogP) is 1.58. The minimum atomic E-state index is -2.92. The van der Waals surface area contributed by atoms with Crippen molar-refractivity contribution in [3.63, 3.8) is 0 Å². The third kappa shape index (κ3) is 3.74. The number of nitrogens with two attached hydrogens (primary N) is 2. The Labute approximate surface area is 149 Å². The number of pyridine rings is 1. The third-order valence-electron chi connectivity index (χ3n) is 4.35. The molecule has 3 rings (SSSR count). The number of hydrogen-bond donors (Lipinski definition) is 4. The highest BCUT2D eigenvalue weighted by Crippen LogP contribution is 2.35. The molecule has 0 aromatic carbocycles. The van der Waals surface area contributed by atoms with Gasteiger partial charge in [-0.05, 0) is 18.9 Å². The first-order valence-electron chi connectivity index (χ1n) is 8.23. The van der Waals surface area contributed by atoms with E-state index >= 15 is 0 Å². The molecule has 8 nitrogen and oxygen atoms in total. The molecule has 1 aliphatic rings. The van der Waals surface area contributed by atoms with Gasteiger partial charge in [-0.25, -0.2) is 13.8 Å². The number of rotatable bonds is 5. The number of nitrogens with one attached hydrogen (secondary N) is 2. The standard InChI is InChI=1S/C16H21F2N7O/c1-25-6-4-12(24-25)23-11-7-9(8-21-13(11)15(20)26)22-14-10(19)3-2-5-16(14,17)18/h4,6-8,10,14,22H,2-3,5,19H2,1H3,(H2,20,26)(H,23,24)/t10-,14-/m0/s1. The lowest BCUT2D eigenvalue weighted by Crippen LogP contribution is -2.54. The molecule has 1 aliphatic carbocycles. The summed E-state index contributed by atoms with van der Waals surface area (Å²) in [5, 5.41) is 9.85. The highest BCUT2D eigenvalue weighted by molar-refractivity contribution is 5.97. The number of anilines is 3. The largest absolute Gasteiger partial charge is 0.374 e. The van der Waals surface area contributed by atoms with Gasteiger partial charge in [0.25, 0.3) is 11.8 Å². The summed E-state index contributed by atoms with van der Waals surface area (Å²) in [7, 11) is 1.74. The highest BCUT2D eigenvalue weighted by Gasteiger charge is 2.45. The molecule has 0 radical (unpaired) electrons. The summed E-state index contributed by atoms with van der Waals surface area (Å²) in [6.45, 7) is 0. The number of carbonyl (C=O) groups is 1. The summed E-state index contributed by atoms with van der Waals surface area (Å²) in [5.74, 6) is -3.20. The summed E-state index contributed by atoms with van der Waals surface area (Å²) in [5.41, 5.74) is 11.8. The Morgan fingerprint density at radius 2 is 2.23 bits per heavy atom. The molecular formula is C16H21F2N7O. The van der Waals surface area contributed by atoms with Crippen LogP contribution in [0.5, 0.6) is 0 Å². The number of carbonyl (C=O) groups excluding carboxylic acids is 1. The first-order valence-corrected chi connectivity index (χ1v) is 8.23. The van der Waals surface area contributed by atoms with Crippen molar-refractivity contribution in [1.29, 1.82) is 0 Å². The first kappa shape index (κ1) is 18.1. The predicted molar refractivity (Wildman–Crippen MR) is 93.4 cm³/mol. The molecule has 140 valence electrons. The molecule has 2 heterocycles. The van der Waals surface area contributed by atoms with Crippen molar-refractivity contribution < 1.29 is 13.6 Å². The Morgan fingerprint density at radius 3 is 2.85 bits per heavy atom. The van der Waals surface area contributed by atoms with Gasteiger partial charge in [0.15, 0.2) is 11.5 Å². The molecule has 2 aromatic heterocycles. The van der Waals surface area contributed by atoms with Crippen molar-refractivity contribution in [2.24, 2.45) is 18.5 Å². The first-order chi connectivity index (χ1) is 12.3. The van der Waals surface area contributed by atoms with E-state index in [2.05, 4.69) is 20.7 Å². The molecule has 0 spiro atoms. The Balaban J connectivity index is 1.88. The molecular weight excluding hydrogens is 344 g/mol. The van der Waals surface area contributed by atoms with Crippen molar-refractivity contribution in [2.75, 3.05) is 10.6 Å². The number of nitrogens with zero attached hydrogens (tertiary/aromatic N) is 3. The number of aromatic nitrogens is 3. The molecule has 0 unspecified atom stereocenters. The van der Waals surface area contributed by atoms with Gasteiger partial charge in [0.05, 0.1) is 17.6 Å². The minimum absolute atomic E-state index is 0.0131. The van der Waals surface area contributed by atoms with Crippen LogP contribution in [0.1, 0.15) is 29.8 Å². The van der Waals surface area contributed by atoms with Crippen LogP contribution in [0.4, 0.5) is 26.0 Å². The number of alkyl halides is 2. The van der Waals surface area contributed by atoms with Crippen molar-refractivity contribution in [3.05, 3.63) is 30.2 Å². The van der Waals surface area contributed by atoms with Crippen LogP contribution in [-0.4, -0.2) is 38.7 Å². The molecule has 26 heavy (non-hydrogen) atoms. The Morgan fingerprint density at radius 1 is 1.46 bits per heavy atom. The van der Waals surface area contributed by atoms with Crippen molar-refractivity contribution >= 4 is 23.1 Å². The zero-order chi connectivity index (χ0) is 18.9. The van der Waals surface area contributed by atoms with Gasteiger partial charge in [0, 0.05) is 31.8 Å². The maximum absolute atomic E-state index is 14.2. The summed E-state index contributed by atoms with van der Waals surface area (Å²) in [6, 6.07) is 1.30.